The largest absolute Gasteiger partial charge is 0.352 e. The van der Waals surface area contributed by atoms with Gasteiger partial charge in [-0.3, -0.25) is 14.4 Å². The van der Waals surface area contributed by atoms with Crippen LogP contribution in [0.15, 0.2) is 54.6 Å². The molecular formula is C30H34Cl2N4O5S. The van der Waals surface area contributed by atoms with Gasteiger partial charge in [-0.25, -0.2) is 12.7 Å². The van der Waals surface area contributed by atoms with E-state index in [0.717, 1.165) is 5.56 Å². The summed E-state index contributed by atoms with van der Waals surface area (Å²) >= 11 is 12.7. The highest BCUT2D eigenvalue weighted by atomic mass is 35.5. The number of nitrogens with zero attached hydrogens (tertiary/aromatic N) is 2. The second-order valence-electron chi connectivity index (χ2n) is 11.3. The molecule has 3 unspecified atom stereocenters. The molecule has 2 N–H and O–H groups in total. The van der Waals surface area contributed by atoms with Crippen LogP contribution in [0.4, 0.5) is 5.69 Å². The molecule has 1 spiro atoms. The highest BCUT2D eigenvalue weighted by molar-refractivity contribution is 7.88. The number of halogens is 2. The molecule has 0 bridgehead atoms. The fourth-order valence-electron chi connectivity index (χ4n) is 6.76. The highest BCUT2D eigenvalue weighted by Crippen LogP contribution is 2.56. The minimum absolute atomic E-state index is 0.0245. The third-order valence-electron chi connectivity index (χ3n) is 8.74. The number of hydrogen-bond donors (Lipinski definition) is 2. The maximum atomic E-state index is 14.3. The van der Waals surface area contributed by atoms with Gasteiger partial charge in [0.25, 0.3) is 0 Å². The van der Waals surface area contributed by atoms with Crippen LogP contribution >= 0.6 is 23.2 Å². The normalized spacial score (nSPS) is 24.9. The van der Waals surface area contributed by atoms with Crippen LogP contribution in [0.5, 0.6) is 0 Å². The Hall–Kier alpha value is -2.92. The van der Waals surface area contributed by atoms with Crippen molar-refractivity contribution in [3.8, 4) is 0 Å². The van der Waals surface area contributed by atoms with Crippen LogP contribution in [-0.2, 0) is 29.8 Å². The molecule has 3 atom stereocenters. The van der Waals surface area contributed by atoms with Gasteiger partial charge < -0.3 is 15.5 Å². The Morgan fingerprint density at radius 2 is 1.81 bits per heavy atom. The van der Waals surface area contributed by atoms with E-state index in [-0.39, 0.29) is 36.7 Å². The zero-order valence-electron chi connectivity index (χ0n) is 23.5. The molecule has 3 aliphatic rings. The summed E-state index contributed by atoms with van der Waals surface area (Å²) in [6.07, 6.45) is 2.56. The fraction of sp³-hybridized carbons (Fsp3) is 0.433. The third-order valence-corrected chi connectivity index (χ3v) is 10.5. The van der Waals surface area contributed by atoms with Gasteiger partial charge >= 0.3 is 0 Å². The van der Waals surface area contributed by atoms with Gasteiger partial charge in [0, 0.05) is 47.2 Å². The number of likely N-dealkylation sites (tertiary alicyclic amines) is 1. The molecule has 5 rings (SSSR count). The topological polar surface area (TPSA) is 116 Å². The van der Waals surface area contributed by atoms with Gasteiger partial charge in [-0.15, -0.1) is 0 Å². The van der Waals surface area contributed by atoms with Crippen LogP contribution in [0.1, 0.15) is 49.7 Å². The van der Waals surface area contributed by atoms with Crippen LogP contribution in [-0.4, -0.2) is 73.3 Å². The third kappa shape index (κ3) is 5.45. The first-order chi connectivity index (χ1) is 19.9. The molecule has 2 aromatic carbocycles. The number of nitrogens with one attached hydrogen (secondary N) is 2. The predicted molar refractivity (Wildman–Crippen MR) is 163 cm³/mol. The zero-order chi connectivity index (χ0) is 30.4. The van der Waals surface area contributed by atoms with Crippen molar-refractivity contribution in [2.45, 2.75) is 56.0 Å². The standard InChI is InChI=1S/C30H34Cl2N4O5S/c1-4-18(2)28-30(23-9-8-21(32)15-25(23)34-29(30)39)24(19-6-5-7-20(31)14-19)16-27(38)36(28)17-26(37)33-22-10-12-35(13-11-22)42(3,40)41/h5-9,14-15,22,24,28H,2,4,10-13,16-17H2,1,3H3,(H,33,37)(H,34,39). The Morgan fingerprint density at radius 3 is 2.45 bits per heavy atom. The lowest BCUT2D eigenvalue weighted by Crippen LogP contribution is -2.65. The molecule has 3 aliphatic heterocycles. The molecule has 0 aromatic heterocycles. The Labute approximate surface area is 256 Å². The maximum absolute atomic E-state index is 14.3. The first-order valence-electron chi connectivity index (χ1n) is 13.9. The summed E-state index contributed by atoms with van der Waals surface area (Å²) in [6, 6.07) is 11.4. The van der Waals surface area contributed by atoms with Crippen LogP contribution in [0.2, 0.25) is 10.0 Å². The number of amides is 3. The summed E-state index contributed by atoms with van der Waals surface area (Å²) < 4.78 is 25.2. The van der Waals surface area contributed by atoms with Crippen molar-refractivity contribution in [3.05, 3.63) is 75.8 Å². The van der Waals surface area contributed by atoms with Gasteiger partial charge in [-0.2, -0.15) is 0 Å². The summed E-state index contributed by atoms with van der Waals surface area (Å²) in [7, 11) is -3.30. The molecule has 3 heterocycles. The molecule has 42 heavy (non-hydrogen) atoms. The van der Waals surface area contributed by atoms with Gasteiger partial charge in [0.05, 0.1) is 12.3 Å². The van der Waals surface area contributed by atoms with Crippen molar-refractivity contribution >= 4 is 56.6 Å². The van der Waals surface area contributed by atoms with E-state index in [1.165, 1.54) is 15.5 Å². The average molecular weight is 634 g/mol. The lowest BCUT2D eigenvalue weighted by Gasteiger charge is -2.52. The maximum Gasteiger partial charge on any atom is 0.239 e. The Morgan fingerprint density at radius 1 is 1.12 bits per heavy atom. The van der Waals surface area contributed by atoms with Gasteiger partial charge in [0.1, 0.15) is 12.0 Å². The number of carbonyl (C=O) groups is 3. The van der Waals surface area contributed by atoms with Gasteiger partial charge in [0.15, 0.2) is 0 Å². The molecule has 9 nitrogen and oxygen atoms in total. The average Bonchev–Trinajstić information content (AvgIpc) is 3.20. The van der Waals surface area contributed by atoms with E-state index < -0.39 is 27.4 Å². The van der Waals surface area contributed by atoms with Crippen LogP contribution in [0.25, 0.3) is 0 Å². The summed E-state index contributed by atoms with van der Waals surface area (Å²) in [5, 5.41) is 6.93. The molecule has 12 heteroatoms. The molecule has 3 amide bonds. The van der Waals surface area contributed by atoms with Crippen molar-refractivity contribution < 1.29 is 22.8 Å². The van der Waals surface area contributed by atoms with Crippen molar-refractivity contribution in [2.24, 2.45) is 0 Å². The first-order valence-corrected chi connectivity index (χ1v) is 16.5. The number of rotatable bonds is 7. The molecule has 224 valence electrons. The summed E-state index contributed by atoms with van der Waals surface area (Å²) in [4.78, 5) is 43.1. The van der Waals surface area contributed by atoms with E-state index in [9.17, 15) is 22.8 Å². The van der Waals surface area contributed by atoms with Crippen LogP contribution in [0.3, 0.4) is 0 Å². The van der Waals surface area contributed by atoms with Gasteiger partial charge in [-0.05, 0) is 54.7 Å². The van der Waals surface area contributed by atoms with Crippen LogP contribution in [0, 0.1) is 0 Å². The second kappa shape index (κ2) is 11.6. The number of carbonyl (C=O) groups excluding carboxylic acids is 3. The molecule has 2 fully saturated rings. The van der Waals surface area contributed by atoms with E-state index in [1.807, 2.05) is 19.1 Å². The summed E-state index contributed by atoms with van der Waals surface area (Å²) in [5.74, 6) is -1.53. The van der Waals surface area contributed by atoms with E-state index in [0.29, 0.717) is 59.2 Å². The predicted octanol–water partition coefficient (Wildman–Crippen LogP) is 4.07. The minimum atomic E-state index is -3.30. The Balaban J connectivity index is 1.53. The number of hydrogen-bond acceptors (Lipinski definition) is 5. The molecule has 2 aromatic rings. The minimum Gasteiger partial charge on any atom is -0.352 e. The zero-order valence-corrected chi connectivity index (χ0v) is 25.9. The molecule has 0 aliphatic carbocycles. The van der Waals surface area contributed by atoms with Crippen molar-refractivity contribution in [3.63, 3.8) is 0 Å². The lowest BCUT2D eigenvalue weighted by molar-refractivity contribution is -0.147. The van der Waals surface area contributed by atoms with E-state index in [4.69, 9.17) is 23.2 Å². The highest BCUT2D eigenvalue weighted by Gasteiger charge is 2.63. The van der Waals surface area contributed by atoms with Crippen LogP contribution < -0.4 is 10.6 Å². The summed E-state index contributed by atoms with van der Waals surface area (Å²) in [5.41, 5.74) is 1.34. The smallest absolute Gasteiger partial charge is 0.239 e. The monoisotopic (exact) mass is 632 g/mol. The first kappa shape index (κ1) is 30.5. The second-order valence-corrected chi connectivity index (χ2v) is 14.1. The number of piperidine rings is 2. The molecule has 0 radical (unpaired) electrons. The lowest BCUT2D eigenvalue weighted by atomic mass is 9.58. The Kier molecular flexibility index (Phi) is 8.46. The molecule has 0 saturated carbocycles. The van der Waals surface area contributed by atoms with Crippen molar-refractivity contribution in [1.29, 1.82) is 0 Å². The Bertz CT molecular complexity index is 1560. The van der Waals surface area contributed by atoms with Crippen molar-refractivity contribution in [2.75, 3.05) is 31.2 Å². The SMILES string of the molecule is C=C(CC)C1N(CC(=O)NC2CCN(S(C)(=O)=O)CC2)C(=O)CC(c2cccc(Cl)c2)C12C(=O)Nc1cc(Cl)ccc12. The van der Waals surface area contributed by atoms with Gasteiger partial charge in [0.2, 0.25) is 27.7 Å². The number of fused-ring (bicyclic) bond motifs is 2. The fourth-order valence-corrected chi connectivity index (χ4v) is 8.00. The van der Waals surface area contributed by atoms with E-state index in [1.54, 1.807) is 30.3 Å². The van der Waals surface area contributed by atoms with Crippen molar-refractivity contribution in [1.82, 2.24) is 14.5 Å². The number of benzene rings is 2. The number of anilines is 1. The quantitative estimate of drug-likeness (QED) is 0.446. The van der Waals surface area contributed by atoms with E-state index >= 15 is 0 Å². The molecule has 2 saturated heterocycles. The summed E-state index contributed by atoms with van der Waals surface area (Å²) in [6.45, 7) is 6.57. The van der Waals surface area contributed by atoms with Gasteiger partial charge in [-0.1, -0.05) is 60.5 Å². The molecular weight excluding hydrogens is 599 g/mol. The number of sulfonamides is 1. The van der Waals surface area contributed by atoms with E-state index in [2.05, 4.69) is 17.2 Å².